The van der Waals surface area contributed by atoms with Gasteiger partial charge >= 0.3 is 0 Å². The van der Waals surface area contributed by atoms with Crippen molar-refractivity contribution >= 4 is 0 Å². The van der Waals surface area contributed by atoms with Crippen LogP contribution >= 0.6 is 0 Å². The summed E-state index contributed by atoms with van der Waals surface area (Å²) in [4.78, 5) is 0. The topological polar surface area (TPSA) is 0 Å². The van der Waals surface area contributed by atoms with Crippen LogP contribution in [-0.2, 0) is 6.42 Å². The number of aryl methyl sites for hydroxylation is 2. The van der Waals surface area contributed by atoms with Gasteiger partial charge in [0, 0.05) is 0 Å². The van der Waals surface area contributed by atoms with Gasteiger partial charge in [-0.1, -0.05) is 26.0 Å². The maximum absolute atomic E-state index is 2.39. The first-order chi connectivity index (χ1) is 6.09. The van der Waals surface area contributed by atoms with E-state index in [0.717, 1.165) is 11.8 Å². The summed E-state index contributed by atoms with van der Waals surface area (Å²) in [6, 6.07) is 4.77. The molecule has 1 aliphatic rings. The molecule has 70 valence electrons. The second kappa shape index (κ2) is 2.87. The molecule has 0 aliphatic heterocycles. The molecule has 0 spiro atoms. The normalized spacial score (nSPS) is 26.2. The highest BCUT2D eigenvalue weighted by Crippen LogP contribution is 2.38. The molecule has 1 aliphatic carbocycles. The molecular weight excluding hydrogens is 156 g/mol. The van der Waals surface area contributed by atoms with Gasteiger partial charge in [0.25, 0.3) is 0 Å². The quantitative estimate of drug-likeness (QED) is 0.563. The van der Waals surface area contributed by atoms with Gasteiger partial charge in [-0.2, -0.15) is 0 Å². The van der Waals surface area contributed by atoms with Gasteiger partial charge in [0.05, 0.1) is 0 Å². The Balaban J connectivity index is 2.53. The Hall–Kier alpha value is -0.780. The lowest BCUT2D eigenvalue weighted by molar-refractivity contribution is 0.532. The number of benzene rings is 1. The van der Waals surface area contributed by atoms with Crippen LogP contribution < -0.4 is 0 Å². The predicted octanol–water partition coefficient (Wildman–Crippen LogP) is 3.60. The summed E-state index contributed by atoms with van der Waals surface area (Å²) in [6.45, 7) is 9.13. The minimum Gasteiger partial charge on any atom is -0.0616 e. The largest absolute Gasteiger partial charge is 0.0616 e. The van der Waals surface area contributed by atoms with E-state index in [1.807, 2.05) is 0 Å². The van der Waals surface area contributed by atoms with Crippen molar-refractivity contribution in [3.05, 3.63) is 34.4 Å². The van der Waals surface area contributed by atoms with E-state index in [2.05, 4.69) is 39.8 Å². The number of fused-ring (bicyclic) bond motifs is 1. The SMILES string of the molecule is Cc1cc2c(cc1C)C(C)C(C)C2. The molecule has 0 nitrogen and oxygen atoms in total. The Morgan fingerprint density at radius 3 is 2.38 bits per heavy atom. The summed E-state index contributed by atoms with van der Waals surface area (Å²) in [5.74, 6) is 1.59. The van der Waals surface area contributed by atoms with Crippen molar-refractivity contribution in [1.29, 1.82) is 0 Å². The van der Waals surface area contributed by atoms with Crippen LogP contribution in [0.1, 0.15) is 42.0 Å². The molecule has 2 rings (SSSR count). The van der Waals surface area contributed by atoms with Crippen molar-refractivity contribution in [2.75, 3.05) is 0 Å². The zero-order valence-corrected chi connectivity index (χ0v) is 9.02. The summed E-state index contributed by atoms with van der Waals surface area (Å²) < 4.78 is 0. The molecule has 0 N–H and O–H groups in total. The first kappa shape index (κ1) is 8.80. The fourth-order valence-electron chi connectivity index (χ4n) is 2.33. The van der Waals surface area contributed by atoms with Crippen LogP contribution in [0.25, 0.3) is 0 Å². The van der Waals surface area contributed by atoms with Gasteiger partial charge in [0.15, 0.2) is 0 Å². The van der Waals surface area contributed by atoms with Crippen LogP contribution in [0, 0.1) is 19.8 Å². The first-order valence-electron chi connectivity index (χ1n) is 5.19. The van der Waals surface area contributed by atoms with Crippen LogP contribution in [0.3, 0.4) is 0 Å². The van der Waals surface area contributed by atoms with Crippen molar-refractivity contribution in [1.82, 2.24) is 0 Å². The molecule has 0 heteroatoms. The molecule has 0 saturated carbocycles. The monoisotopic (exact) mass is 174 g/mol. The van der Waals surface area contributed by atoms with Gasteiger partial charge in [0.1, 0.15) is 0 Å². The Labute approximate surface area is 81.0 Å². The average Bonchev–Trinajstić information content (AvgIpc) is 2.32. The lowest BCUT2D eigenvalue weighted by Crippen LogP contribution is -1.97. The van der Waals surface area contributed by atoms with E-state index in [1.54, 1.807) is 11.1 Å². The number of hydrogen-bond acceptors (Lipinski definition) is 0. The molecule has 2 atom stereocenters. The third-order valence-electron chi connectivity index (χ3n) is 3.64. The van der Waals surface area contributed by atoms with E-state index in [-0.39, 0.29) is 0 Å². The van der Waals surface area contributed by atoms with Crippen molar-refractivity contribution < 1.29 is 0 Å². The van der Waals surface area contributed by atoms with Crippen LogP contribution in [0.5, 0.6) is 0 Å². The van der Waals surface area contributed by atoms with Crippen LogP contribution in [0.4, 0.5) is 0 Å². The Bertz CT molecular complexity index is 336. The van der Waals surface area contributed by atoms with Crippen molar-refractivity contribution in [2.24, 2.45) is 5.92 Å². The zero-order valence-electron chi connectivity index (χ0n) is 9.02. The van der Waals surface area contributed by atoms with Crippen molar-refractivity contribution in [2.45, 2.75) is 40.0 Å². The molecule has 0 aromatic heterocycles. The molecule has 0 amide bonds. The minimum absolute atomic E-state index is 0.759. The maximum Gasteiger partial charge on any atom is -0.0159 e. The summed E-state index contributed by atoms with van der Waals surface area (Å²) in [5.41, 5.74) is 6.07. The average molecular weight is 174 g/mol. The highest BCUT2D eigenvalue weighted by Gasteiger charge is 2.25. The maximum atomic E-state index is 2.39. The van der Waals surface area contributed by atoms with Gasteiger partial charge < -0.3 is 0 Å². The summed E-state index contributed by atoms with van der Waals surface area (Å²) in [6.07, 6.45) is 1.28. The van der Waals surface area contributed by atoms with E-state index in [1.165, 1.54) is 17.5 Å². The molecule has 13 heavy (non-hydrogen) atoms. The highest BCUT2D eigenvalue weighted by molar-refractivity contribution is 5.42. The second-order valence-electron chi connectivity index (χ2n) is 4.61. The predicted molar refractivity (Wildman–Crippen MR) is 57.2 cm³/mol. The second-order valence-corrected chi connectivity index (χ2v) is 4.61. The Morgan fingerprint density at radius 1 is 1.08 bits per heavy atom. The molecule has 2 unspecified atom stereocenters. The Morgan fingerprint density at radius 2 is 1.69 bits per heavy atom. The van der Waals surface area contributed by atoms with Crippen molar-refractivity contribution in [3.8, 4) is 0 Å². The van der Waals surface area contributed by atoms with E-state index in [4.69, 9.17) is 0 Å². The summed E-state index contributed by atoms with van der Waals surface area (Å²) in [5, 5.41) is 0. The number of hydrogen-bond donors (Lipinski definition) is 0. The van der Waals surface area contributed by atoms with Crippen LogP contribution in [0.15, 0.2) is 12.1 Å². The number of rotatable bonds is 0. The van der Waals surface area contributed by atoms with Gasteiger partial charge in [-0.3, -0.25) is 0 Å². The molecule has 0 radical (unpaired) electrons. The van der Waals surface area contributed by atoms with Gasteiger partial charge in [-0.15, -0.1) is 0 Å². The summed E-state index contributed by atoms with van der Waals surface area (Å²) >= 11 is 0. The van der Waals surface area contributed by atoms with Gasteiger partial charge in [-0.25, -0.2) is 0 Å². The molecule has 1 aromatic carbocycles. The third-order valence-corrected chi connectivity index (χ3v) is 3.64. The Kier molecular flexibility index (Phi) is 1.94. The third kappa shape index (κ3) is 1.29. The zero-order chi connectivity index (χ0) is 9.59. The molecule has 0 fully saturated rings. The minimum atomic E-state index is 0.759. The summed E-state index contributed by atoms with van der Waals surface area (Å²) in [7, 11) is 0. The van der Waals surface area contributed by atoms with Crippen LogP contribution in [0.2, 0.25) is 0 Å². The highest BCUT2D eigenvalue weighted by atomic mass is 14.3. The van der Waals surface area contributed by atoms with Crippen molar-refractivity contribution in [3.63, 3.8) is 0 Å². The molecule has 0 bridgehead atoms. The van der Waals surface area contributed by atoms with Gasteiger partial charge in [0.2, 0.25) is 0 Å². The standard InChI is InChI=1S/C13H18/c1-8-5-12-6-10(3)11(4)13(12)7-9(8)2/h5,7,10-11H,6H2,1-4H3. The smallest absolute Gasteiger partial charge is 0.0159 e. The molecule has 0 saturated heterocycles. The van der Waals surface area contributed by atoms with Gasteiger partial charge in [-0.05, 0) is 54.4 Å². The lowest BCUT2D eigenvalue weighted by Gasteiger charge is -2.10. The first-order valence-corrected chi connectivity index (χ1v) is 5.19. The van der Waals surface area contributed by atoms with E-state index >= 15 is 0 Å². The van der Waals surface area contributed by atoms with E-state index < -0.39 is 0 Å². The molecule has 1 aromatic rings. The fourth-order valence-corrected chi connectivity index (χ4v) is 2.33. The molecule has 0 heterocycles. The lowest BCUT2D eigenvalue weighted by atomic mass is 9.95. The fraction of sp³-hybridized carbons (Fsp3) is 0.538. The van der Waals surface area contributed by atoms with E-state index in [0.29, 0.717) is 0 Å². The van der Waals surface area contributed by atoms with E-state index in [9.17, 15) is 0 Å². The molecular formula is C13H18. The van der Waals surface area contributed by atoms with Crippen LogP contribution in [-0.4, -0.2) is 0 Å².